The molecule has 3 aromatic carbocycles. The monoisotopic (exact) mass is 480 g/mol. The number of piperazine rings is 1. The molecule has 0 unspecified atom stereocenters. The second-order valence-electron chi connectivity index (χ2n) is 8.98. The van der Waals surface area contributed by atoms with E-state index in [-0.39, 0.29) is 16.9 Å². The Morgan fingerprint density at radius 3 is 1.68 bits per heavy atom. The zero-order valence-electron chi connectivity index (χ0n) is 19.7. The number of thioether (sulfide) groups is 1. The Labute approximate surface area is 207 Å². The molecule has 1 heterocycles. The maximum absolute atomic E-state index is 13.4. The van der Waals surface area contributed by atoms with Crippen LogP contribution in [0, 0.1) is 11.6 Å². The van der Waals surface area contributed by atoms with E-state index in [1.165, 1.54) is 42.8 Å². The molecule has 1 saturated heterocycles. The fourth-order valence-corrected chi connectivity index (χ4v) is 5.77. The average Bonchev–Trinajstić information content (AvgIpc) is 2.87. The van der Waals surface area contributed by atoms with E-state index in [9.17, 15) is 8.78 Å². The van der Waals surface area contributed by atoms with Crippen molar-refractivity contribution in [1.29, 1.82) is 0 Å². The maximum atomic E-state index is 13.4. The van der Waals surface area contributed by atoms with Crippen LogP contribution in [0.1, 0.15) is 34.8 Å². The molecule has 2 nitrogen and oxygen atoms in total. The van der Waals surface area contributed by atoms with Gasteiger partial charge in [-0.2, -0.15) is 0 Å². The Bertz CT molecular complexity index is 926. The molecule has 0 aromatic heterocycles. The third-order valence-electron chi connectivity index (χ3n) is 6.50. The summed E-state index contributed by atoms with van der Waals surface area (Å²) in [7, 11) is 0. The number of nitrogens with zero attached hydrogens (tertiary/aromatic N) is 2. The number of benzene rings is 3. The van der Waals surface area contributed by atoms with Gasteiger partial charge in [0.25, 0.3) is 0 Å². The Balaban J connectivity index is 1.18. The molecule has 0 radical (unpaired) electrons. The van der Waals surface area contributed by atoms with Crippen molar-refractivity contribution in [1.82, 2.24) is 9.80 Å². The van der Waals surface area contributed by atoms with Crippen LogP contribution in [0.15, 0.2) is 78.9 Å². The minimum atomic E-state index is -0.231. The van der Waals surface area contributed by atoms with Gasteiger partial charge in [0.15, 0.2) is 0 Å². The first-order chi connectivity index (χ1) is 16.7. The molecule has 1 aliphatic heterocycles. The first-order valence-electron chi connectivity index (χ1n) is 12.3. The minimum Gasteiger partial charge on any atom is -0.301 e. The molecule has 0 amide bonds. The van der Waals surface area contributed by atoms with Gasteiger partial charge in [-0.1, -0.05) is 54.6 Å². The summed E-state index contributed by atoms with van der Waals surface area (Å²) in [4.78, 5) is 5.16. The van der Waals surface area contributed by atoms with Crippen molar-refractivity contribution < 1.29 is 8.78 Å². The van der Waals surface area contributed by atoms with E-state index in [1.54, 1.807) is 0 Å². The summed E-state index contributed by atoms with van der Waals surface area (Å²) >= 11 is 1.86. The molecule has 180 valence electrons. The van der Waals surface area contributed by atoms with Crippen molar-refractivity contribution in [2.75, 3.05) is 45.0 Å². The summed E-state index contributed by atoms with van der Waals surface area (Å²) < 4.78 is 26.9. The van der Waals surface area contributed by atoms with Gasteiger partial charge >= 0.3 is 0 Å². The zero-order chi connectivity index (χ0) is 23.6. The first-order valence-corrected chi connectivity index (χ1v) is 13.3. The number of aryl methyl sites for hydroxylation is 1. The largest absolute Gasteiger partial charge is 0.301 e. The van der Waals surface area contributed by atoms with Crippen LogP contribution in [0.3, 0.4) is 0 Å². The summed E-state index contributed by atoms with van der Waals surface area (Å²) in [5.41, 5.74) is 3.54. The molecular weight excluding hydrogens is 446 g/mol. The molecule has 0 atom stereocenters. The average molecular weight is 481 g/mol. The molecule has 1 fully saturated rings. The Hall–Kier alpha value is -2.21. The molecule has 0 aliphatic carbocycles. The maximum Gasteiger partial charge on any atom is 0.123 e. The molecular formula is C29H34F2N2S. The molecule has 0 N–H and O–H groups in total. The van der Waals surface area contributed by atoms with Gasteiger partial charge in [0.05, 0.1) is 5.25 Å². The zero-order valence-corrected chi connectivity index (χ0v) is 20.5. The van der Waals surface area contributed by atoms with Crippen LogP contribution in [0.25, 0.3) is 0 Å². The van der Waals surface area contributed by atoms with Crippen molar-refractivity contribution >= 4 is 11.8 Å². The van der Waals surface area contributed by atoms with Gasteiger partial charge in [-0.25, -0.2) is 8.78 Å². The predicted molar refractivity (Wildman–Crippen MR) is 139 cm³/mol. The van der Waals surface area contributed by atoms with Crippen molar-refractivity contribution in [3.63, 3.8) is 0 Å². The van der Waals surface area contributed by atoms with Gasteiger partial charge in [0.2, 0.25) is 0 Å². The Morgan fingerprint density at radius 1 is 0.647 bits per heavy atom. The van der Waals surface area contributed by atoms with Crippen LogP contribution >= 0.6 is 11.8 Å². The van der Waals surface area contributed by atoms with E-state index >= 15 is 0 Å². The highest BCUT2D eigenvalue weighted by Gasteiger charge is 2.18. The summed E-state index contributed by atoms with van der Waals surface area (Å²) in [6.07, 6.45) is 3.48. The van der Waals surface area contributed by atoms with E-state index in [0.717, 1.165) is 62.4 Å². The normalized spacial score (nSPS) is 15.1. The Morgan fingerprint density at radius 2 is 1.15 bits per heavy atom. The van der Waals surface area contributed by atoms with Crippen LogP contribution in [-0.4, -0.2) is 54.8 Å². The second-order valence-corrected chi connectivity index (χ2v) is 10.2. The lowest BCUT2D eigenvalue weighted by Crippen LogP contribution is -2.46. The SMILES string of the molecule is Fc1ccc(C(SCCCN2CCN(CCCc3ccccc3)CC2)c2ccc(F)cc2)cc1. The van der Waals surface area contributed by atoms with Gasteiger partial charge in [0.1, 0.15) is 11.6 Å². The molecule has 5 heteroatoms. The van der Waals surface area contributed by atoms with Gasteiger partial charge in [-0.15, -0.1) is 11.8 Å². The van der Waals surface area contributed by atoms with E-state index < -0.39 is 0 Å². The van der Waals surface area contributed by atoms with E-state index in [2.05, 4.69) is 40.1 Å². The molecule has 4 rings (SSSR count). The lowest BCUT2D eigenvalue weighted by molar-refractivity contribution is 0.132. The van der Waals surface area contributed by atoms with Crippen LogP contribution in [0.2, 0.25) is 0 Å². The molecule has 0 saturated carbocycles. The van der Waals surface area contributed by atoms with E-state index in [0.29, 0.717) is 0 Å². The lowest BCUT2D eigenvalue weighted by atomic mass is 10.0. The minimum absolute atomic E-state index is 0.0858. The number of rotatable bonds is 11. The smallest absolute Gasteiger partial charge is 0.123 e. The highest BCUT2D eigenvalue weighted by molar-refractivity contribution is 7.99. The van der Waals surface area contributed by atoms with Crippen LogP contribution in [0.4, 0.5) is 8.78 Å². The summed E-state index contributed by atoms with van der Waals surface area (Å²) in [5, 5.41) is 0.0858. The lowest BCUT2D eigenvalue weighted by Gasteiger charge is -2.34. The summed E-state index contributed by atoms with van der Waals surface area (Å²) in [5.74, 6) is 0.549. The topological polar surface area (TPSA) is 6.48 Å². The quantitative estimate of drug-likeness (QED) is 0.292. The predicted octanol–water partition coefficient (Wildman–Crippen LogP) is 6.43. The number of hydrogen-bond acceptors (Lipinski definition) is 3. The van der Waals surface area contributed by atoms with Gasteiger partial charge < -0.3 is 9.80 Å². The molecule has 0 spiro atoms. The third-order valence-corrected chi connectivity index (χ3v) is 7.90. The molecule has 3 aromatic rings. The highest BCUT2D eigenvalue weighted by atomic mass is 32.2. The van der Waals surface area contributed by atoms with Crippen molar-refractivity contribution in [3.05, 3.63) is 107 Å². The molecule has 34 heavy (non-hydrogen) atoms. The highest BCUT2D eigenvalue weighted by Crippen LogP contribution is 2.36. The number of halogens is 2. The second kappa shape index (κ2) is 13.0. The molecule has 0 bridgehead atoms. The fourth-order valence-electron chi connectivity index (χ4n) is 4.54. The van der Waals surface area contributed by atoms with Crippen LogP contribution in [0.5, 0.6) is 0 Å². The van der Waals surface area contributed by atoms with Crippen LogP contribution in [-0.2, 0) is 6.42 Å². The fraction of sp³-hybridized carbons (Fsp3) is 0.379. The van der Waals surface area contributed by atoms with Crippen LogP contribution < -0.4 is 0 Å². The van der Waals surface area contributed by atoms with Crippen molar-refractivity contribution in [3.8, 4) is 0 Å². The third kappa shape index (κ3) is 7.66. The standard InChI is InChI=1S/C29H34F2N2S/c30-27-13-9-25(10-14-27)29(26-11-15-28(31)16-12-26)34-23-5-18-33-21-19-32(20-22-33)17-4-8-24-6-2-1-3-7-24/h1-3,6-7,9-16,29H,4-5,8,17-23H2. The van der Waals surface area contributed by atoms with Gasteiger partial charge in [0, 0.05) is 26.2 Å². The number of hydrogen-bond donors (Lipinski definition) is 0. The summed E-state index contributed by atoms with van der Waals surface area (Å²) in [6, 6.07) is 24.1. The van der Waals surface area contributed by atoms with Gasteiger partial charge in [-0.05, 0) is 79.1 Å². The summed E-state index contributed by atoms with van der Waals surface area (Å²) in [6.45, 7) is 6.84. The van der Waals surface area contributed by atoms with E-state index in [4.69, 9.17) is 0 Å². The Kier molecular flexibility index (Phi) is 9.54. The van der Waals surface area contributed by atoms with Crippen molar-refractivity contribution in [2.24, 2.45) is 0 Å². The van der Waals surface area contributed by atoms with Crippen molar-refractivity contribution in [2.45, 2.75) is 24.5 Å². The first kappa shape index (κ1) is 24.9. The van der Waals surface area contributed by atoms with E-state index in [1.807, 2.05) is 36.0 Å². The molecule has 1 aliphatic rings. The van der Waals surface area contributed by atoms with Gasteiger partial charge in [-0.3, -0.25) is 0 Å².